The van der Waals surface area contributed by atoms with E-state index in [2.05, 4.69) is 34.7 Å². The van der Waals surface area contributed by atoms with Crippen LogP contribution in [-0.4, -0.2) is 31.1 Å². The molecule has 0 bridgehead atoms. The summed E-state index contributed by atoms with van der Waals surface area (Å²) in [5.74, 6) is 0.0876. The van der Waals surface area contributed by atoms with E-state index in [0.29, 0.717) is 0 Å². The minimum Gasteiger partial charge on any atom is -0.372 e. The molecule has 18 heavy (non-hydrogen) atoms. The van der Waals surface area contributed by atoms with Gasteiger partial charge in [-0.25, -0.2) is 0 Å². The second-order valence-corrected chi connectivity index (χ2v) is 6.11. The van der Waals surface area contributed by atoms with Crippen molar-refractivity contribution in [1.82, 2.24) is 0 Å². The molecule has 1 fully saturated rings. The Kier molecular flexibility index (Phi) is 3.78. The van der Waals surface area contributed by atoms with Crippen LogP contribution in [0.5, 0.6) is 0 Å². The fourth-order valence-electron chi connectivity index (χ4n) is 2.20. The molecule has 1 saturated heterocycles. The van der Waals surface area contributed by atoms with E-state index in [1.807, 2.05) is 18.2 Å². The highest BCUT2D eigenvalue weighted by Gasteiger charge is 2.28. The number of nitrogens with zero attached hydrogens (tertiary/aromatic N) is 1. The normalized spacial score (nSPS) is 18.8. The summed E-state index contributed by atoms with van der Waals surface area (Å²) in [7, 11) is 0. The monoisotopic (exact) mass is 311 g/mol. The fraction of sp³-hybridized carbons (Fsp3) is 0.500. The molecule has 1 aromatic carbocycles. The second kappa shape index (κ2) is 5.02. The molecule has 0 saturated carbocycles. The molecule has 1 aliphatic rings. The zero-order valence-corrected chi connectivity index (χ0v) is 12.6. The number of ether oxygens (including phenoxy) is 1. The quantitative estimate of drug-likeness (QED) is 0.785. The Morgan fingerprint density at radius 1 is 1.44 bits per heavy atom. The van der Waals surface area contributed by atoms with Crippen molar-refractivity contribution < 1.29 is 9.53 Å². The molecule has 98 valence electrons. The van der Waals surface area contributed by atoms with Gasteiger partial charge >= 0.3 is 0 Å². The van der Waals surface area contributed by atoms with Gasteiger partial charge in [-0.05, 0) is 54.9 Å². The predicted molar refractivity (Wildman–Crippen MR) is 76.4 cm³/mol. The molecule has 1 heterocycles. The molecule has 0 radical (unpaired) electrons. The van der Waals surface area contributed by atoms with Gasteiger partial charge in [-0.15, -0.1) is 0 Å². The van der Waals surface area contributed by atoms with Crippen LogP contribution in [0.1, 0.15) is 31.1 Å². The van der Waals surface area contributed by atoms with Crippen molar-refractivity contribution in [1.29, 1.82) is 0 Å². The van der Waals surface area contributed by atoms with Crippen molar-refractivity contribution in [3.8, 4) is 0 Å². The first-order valence-electron chi connectivity index (χ1n) is 6.08. The van der Waals surface area contributed by atoms with Gasteiger partial charge in [-0.2, -0.15) is 0 Å². The Hall–Kier alpha value is -0.870. The molecule has 2 rings (SSSR count). The lowest BCUT2D eigenvalue weighted by Crippen LogP contribution is -2.48. The minimum atomic E-state index is -0.128. The Morgan fingerprint density at radius 2 is 2.17 bits per heavy atom. The van der Waals surface area contributed by atoms with Crippen LogP contribution in [0.15, 0.2) is 22.7 Å². The molecule has 3 nitrogen and oxygen atoms in total. The molecule has 0 N–H and O–H groups in total. The molecule has 4 heteroatoms. The third-order valence-corrected chi connectivity index (χ3v) is 3.76. The number of carbonyl (C=O) groups excluding carboxylic acids is 1. The maximum absolute atomic E-state index is 11.3. The van der Waals surface area contributed by atoms with Crippen molar-refractivity contribution in [3.63, 3.8) is 0 Å². The molecule has 1 aromatic rings. The largest absolute Gasteiger partial charge is 0.372 e. The lowest BCUT2D eigenvalue weighted by Gasteiger charge is -2.39. The number of Topliss-reactive ketones (excluding diaryl/α,β-unsaturated/α-hetero) is 1. The smallest absolute Gasteiger partial charge is 0.159 e. The Labute approximate surface area is 116 Å². The first kappa shape index (κ1) is 13.6. The van der Waals surface area contributed by atoms with E-state index in [1.165, 1.54) is 0 Å². The summed E-state index contributed by atoms with van der Waals surface area (Å²) >= 11 is 3.55. The number of hydrogen-bond acceptors (Lipinski definition) is 3. The SMILES string of the molecule is CC(=O)c1ccc(N2CCOC(C)(C)C2)c(Br)c1. The van der Waals surface area contributed by atoms with Crippen molar-refractivity contribution in [2.45, 2.75) is 26.4 Å². The number of morpholine rings is 1. The molecule has 0 aliphatic carbocycles. The van der Waals surface area contributed by atoms with Crippen LogP contribution in [0.2, 0.25) is 0 Å². The van der Waals surface area contributed by atoms with Gasteiger partial charge in [0.15, 0.2) is 5.78 Å². The average molecular weight is 312 g/mol. The fourth-order valence-corrected chi connectivity index (χ4v) is 2.83. The first-order valence-corrected chi connectivity index (χ1v) is 6.88. The Balaban J connectivity index is 2.26. The number of benzene rings is 1. The van der Waals surface area contributed by atoms with Crippen LogP contribution in [-0.2, 0) is 4.74 Å². The van der Waals surface area contributed by atoms with Crippen LogP contribution >= 0.6 is 15.9 Å². The molecule has 1 aliphatic heterocycles. The summed E-state index contributed by atoms with van der Waals surface area (Å²) in [6.45, 7) is 8.23. The number of halogens is 1. The molecule has 0 atom stereocenters. The third-order valence-electron chi connectivity index (χ3n) is 3.12. The van der Waals surface area contributed by atoms with Crippen molar-refractivity contribution in [2.24, 2.45) is 0 Å². The van der Waals surface area contributed by atoms with Gasteiger partial charge in [-0.3, -0.25) is 4.79 Å². The van der Waals surface area contributed by atoms with Crippen molar-refractivity contribution in [2.75, 3.05) is 24.6 Å². The Morgan fingerprint density at radius 3 is 2.72 bits per heavy atom. The third kappa shape index (κ3) is 2.93. The number of rotatable bonds is 2. The van der Waals surface area contributed by atoms with E-state index in [1.54, 1.807) is 6.92 Å². The summed E-state index contributed by atoms with van der Waals surface area (Å²) in [6.07, 6.45) is 0. The molecule has 0 spiro atoms. The summed E-state index contributed by atoms with van der Waals surface area (Å²) in [5, 5.41) is 0. The van der Waals surface area contributed by atoms with Gasteiger partial charge in [0.1, 0.15) is 0 Å². The maximum atomic E-state index is 11.3. The molecule has 0 amide bonds. The van der Waals surface area contributed by atoms with Gasteiger partial charge in [-0.1, -0.05) is 0 Å². The minimum absolute atomic E-state index is 0.0876. The van der Waals surface area contributed by atoms with Crippen molar-refractivity contribution in [3.05, 3.63) is 28.2 Å². The summed E-state index contributed by atoms with van der Waals surface area (Å²) in [5.41, 5.74) is 1.73. The first-order chi connectivity index (χ1) is 8.39. The molecule has 0 unspecified atom stereocenters. The number of anilines is 1. The zero-order valence-electron chi connectivity index (χ0n) is 11.0. The van der Waals surface area contributed by atoms with Crippen LogP contribution < -0.4 is 4.90 Å². The Bertz CT molecular complexity index is 471. The van der Waals surface area contributed by atoms with E-state index in [4.69, 9.17) is 4.74 Å². The highest BCUT2D eigenvalue weighted by Crippen LogP contribution is 2.30. The van der Waals surface area contributed by atoms with Gasteiger partial charge in [0.2, 0.25) is 0 Å². The number of carbonyl (C=O) groups is 1. The summed E-state index contributed by atoms with van der Waals surface area (Å²) in [6, 6.07) is 5.77. The molecular formula is C14H18BrNO2. The van der Waals surface area contributed by atoms with Crippen LogP contribution in [0.25, 0.3) is 0 Å². The van der Waals surface area contributed by atoms with Crippen LogP contribution in [0.3, 0.4) is 0 Å². The lowest BCUT2D eigenvalue weighted by molar-refractivity contribution is -0.0277. The van der Waals surface area contributed by atoms with Crippen molar-refractivity contribution >= 4 is 27.4 Å². The van der Waals surface area contributed by atoms with Crippen LogP contribution in [0, 0.1) is 0 Å². The van der Waals surface area contributed by atoms with Gasteiger partial charge in [0.05, 0.1) is 17.9 Å². The van der Waals surface area contributed by atoms with Crippen LogP contribution in [0.4, 0.5) is 5.69 Å². The number of ketones is 1. The standard InChI is InChI=1S/C14H18BrNO2/c1-10(17)11-4-5-13(12(15)8-11)16-6-7-18-14(2,3)9-16/h4-5,8H,6-7,9H2,1-3H3. The van der Waals surface area contributed by atoms with Gasteiger partial charge in [0.25, 0.3) is 0 Å². The summed E-state index contributed by atoms with van der Waals surface area (Å²) < 4.78 is 6.67. The zero-order chi connectivity index (χ0) is 13.3. The topological polar surface area (TPSA) is 29.5 Å². The highest BCUT2D eigenvalue weighted by atomic mass is 79.9. The van der Waals surface area contributed by atoms with Gasteiger partial charge in [0, 0.05) is 23.1 Å². The highest BCUT2D eigenvalue weighted by molar-refractivity contribution is 9.10. The molecule has 0 aromatic heterocycles. The average Bonchev–Trinajstić information content (AvgIpc) is 2.27. The van der Waals surface area contributed by atoms with Gasteiger partial charge < -0.3 is 9.64 Å². The second-order valence-electron chi connectivity index (χ2n) is 5.25. The maximum Gasteiger partial charge on any atom is 0.159 e. The number of hydrogen-bond donors (Lipinski definition) is 0. The van der Waals surface area contributed by atoms with E-state index in [-0.39, 0.29) is 11.4 Å². The van der Waals surface area contributed by atoms with E-state index < -0.39 is 0 Å². The lowest BCUT2D eigenvalue weighted by atomic mass is 10.1. The predicted octanol–water partition coefficient (Wildman–Crippen LogP) is 3.27. The molecular weight excluding hydrogens is 294 g/mol. The summed E-state index contributed by atoms with van der Waals surface area (Å²) in [4.78, 5) is 13.6. The van der Waals surface area contributed by atoms with E-state index in [9.17, 15) is 4.79 Å². The van der Waals surface area contributed by atoms with E-state index in [0.717, 1.165) is 35.4 Å². The van der Waals surface area contributed by atoms with E-state index >= 15 is 0 Å².